The number of piperidine rings is 1. The van der Waals surface area contributed by atoms with Crippen LogP contribution in [0.2, 0.25) is 0 Å². The van der Waals surface area contributed by atoms with E-state index in [9.17, 15) is 14.9 Å². The van der Waals surface area contributed by atoms with E-state index in [0.717, 1.165) is 12.8 Å². The Morgan fingerprint density at radius 3 is 2.84 bits per heavy atom. The van der Waals surface area contributed by atoms with Crippen molar-refractivity contribution >= 4 is 23.2 Å². The number of hydrogen-bond donors (Lipinski definition) is 0. The molecular weight excluding hydrogens is 268 g/mol. The van der Waals surface area contributed by atoms with Crippen molar-refractivity contribution < 1.29 is 9.72 Å². The van der Waals surface area contributed by atoms with Gasteiger partial charge in [-0.25, -0.2) is 0 Å². The quantitative estimate of drug-likeness (QED) is 0.476. The maximum atomic E-state index is 12.3. The molecule has 5 nitrogen and oxygen atoms in total. The molecule has 1 amide bonds. The molecule has 6 heteroatoms. The van der Waals surface area contributed by atoms with Crippen LogP contribution in [0, 0.1) is 17.0 Å². The average Bonchev–Trinajstić information content (AvgIpc) is 2.37. The van der Waals surface area contributed by atoms with E-state index in [2.05, 4.69) is 0 Å². The van der Waals surface area contributed by atoms with Crippen molar-refractivity contribution in [2.45, 2.75) is 25.1 Å². The smallest absolute Gasteiger partial charge is 0.270 e. The van der Waals surface area contributed by atoms with Gasteiger partial charge in [0.1, 0.15) is 0 Å². The SMILES string of the molecule is Cc1cc(C(=O)N2CCCC(Cl)C2)cc([N+](=O)[O-])c1. The number of hydrogen-bond acceptors (Lipinski definition) is 3. The monoisotopic (exact) mass is 282 g/mol. The highest BCUT2D eigenvalue weighted by Crippen LogP contribution is 2.21. The zero-order valence-corrected chi connectivity index (χ0v) is 11.4. The van der Waals surface area contributed by atoms with Gasteiger partial charge < -0.3 is 4.90 Å². The minimum absolute atomic E-state index is 0.0301. The second-order valence-electron chi connectivity index (χ2n) is 4.81. The Bertz CT molecular complexity index is 519. The summed E-state index contributed by atoms with van der Waals surface area (Å²) in [5, 5.41) is 10.8. The van der Waals surface area contributed by atoms with E-state index in [1.807, 2.05) is 0 Å². The first-order chi connectivity index (χ1) is 8.97. The fourth-order valence-corrected chi connectivity index (χ4v) is 2.61. The predicted molar refractivity (Wildman–Crippen MR) is 72.6 cm³/mol. The number of amides is 1. The number of nitro groups is 1. The van der Waals surface area contributed by atoms with E-state index in [1.54, 1.807) is 17.9 Å². The Balaban J connectivity index is 2.25. The van der Waals surface area contributed by atoms with E-state index >= 15 is 0 Å². The second-order valence-corrected chi connectivity index (χ2v) is 5.42. The highest BCUT2D eigenvalue weighted by molar-refractivity contribution is 6.21. The lowest BCUT2D eigenvalue weighted by molar-refractivity contribution is -0.384. The largest absolute Gasteiger partial charge is 0.337 e. The van der Waals surface area contributed by atoms with Crippen molar-refractivity contribution in [1.82, 2.24) is 4.90 Å². The number of nitro benzene ring substituents is 1. The number of non-ortho nitro benzene ring substituents is 1. The molecule has 0 spiro atoms. The molecule has 1 fully saturated rings. The first-order valence-electron chi connectivity index (χ1n) is 6.17. The van der Waals surface area contributed by atoms with Crippen molar-refractivity contribution in [1.29, 1.82) is 0 Å². The molecule has 0 bridgehead atoms. The van der Waals surface area contributed by atoms with Gasteiger partial charge in [-0.1, -0.05) is 0 Å². The molecule has 0 aliphatic carbocycles. The minimum Gasteiger partial charge on any atom is -0.337 e. The topological polar surface area (TPSA) is 63.5 Å². The minimum atomic E-state index is -0.482. The van der Waals surface area contributed by atoms with Crippen LogP contribution in [-0.2, 0) is 0 Å². The Kier molecular flexibility index (Phi) is 4.04. The Morgan fingerprint density at radius 2 is 2.21 bits per heavy atom. The Morgan fingerprint density at radius 1 is 1.47 bits per heavy atom. The number of likely N-dealkylation sites (tertiary alicyclic amines) is 1. The fraction of sp³-hybridized carbons (Fsp3) is 0.462. The van der Waals surface area contributed by atoms with Gasteiger partial charge in [-0.3, -0.25) is 14.9 Å². The Labute approximate surface area is 116 Å². The van der Waals surface area contributed by atoms with Gasteiger partial charge in [-0.05, 0) is 31.4 Å². The van der Waals surface area contributed by atoms with Crippen LogP contribution in [-0.4, -0.2) is 34.2 Å². The molecule has 0 radical (unpaired) electrons. The number of nitrogens with zero attached hydrogens (tertiary/aromatic N) is 2. The molecule has 0 aromatic heterocycles. The molecule has 1 unspecified atom stereocenters. The number of carbonyl (C=O) groups excluding carboxylic acids is 1. The van der Waals surface area contributed by atoms with Gasteiger partial charge in [-0.15, -0.1) is 11.6 Å². The molecule has 102 valence electrons. The van der Waals surface area contributed by atoms with E-state index in [0.29, 0.717) is 24.2 Å². The van der Waals surface area contributed by atoms with Gasteiger partial charge in [0.05, 0.1) is 10.3 Å². The predicted octanol–water partition coefficient (Wildman–Crippen LogP) is 2.75. The average molecular weight is 283 g/mol. The molecule has 0 N–H and O–H groups in total. The van der Waals surface area contributed by atoms with Gasteiger partial charge in [-0.2, -0.15) is 0 Å². The van der Waals surface area contributed by atoms with E-state index in [1.165, 1.54) is 12.1 Å². The summed E-state index contributed by atoms with van der Waals surface area (Å²) in [6, 6.07) is 4.46. The molecular formula is C13H15ClN2O3. The standard InChI is InChI=1S/C13H15ClN2O3/c1-9-5-10(7-12(6-9)16(18)19)13(17)15-4-2-3-11(14)8-15/h5-7,11H,2-4,8H2,1H3. The first-order valence-corrected chi connectivity index (χ1v) is 6.60. The second kappa shape index (κ2) is 5.57. The van der Waals surface area contributed by atoms with Crippen LogP contribution in [0.4, 0.5) is 5.69 Å². The fourth-order valence-electron chi connectivity index (χ4n) is 2.28. The maximum absolute atomic E-state index is 12.3. The third kappa shape index (κ3) is 3.23. The van der Waals surface area contributed by atoms with Crippen molar-refractivity contribution in [2.75, 3.05) is 13.1 Å². The number of halogens is 1. The summed E-state index contributed by atoms with van der Waals surface area (Å²) in [6.45, 7) is 2.90. The first kappa shape index (κ1) is 13.8. The van der Waals surface area contributed by atoms with E-state index < -0.39 is 4.92 Å². The van der Waals surface area contributed by atoms with Crippen LogP contribution in [0.5, 0.6) is 0 Å². The van der Waals surface area contributed by atoms with E-state index in [4.69, 9.17) is 11.6 Å². The van der Waals surface area contributed by atoms with Crippen LogP contribution in [0.1, 0.15) is 28.8 Å². The lowest BCUT2D eigenvalue weighted by Crippen LogP contribution is -2.40. The molecule has 19 heavy (non-hydrogen) atoms. The van der Waals surface area contributed by atoms with Crippen molar-refractivity contribution in [3.05, 3.63) is 39.4 Å². The van der Waals surface area contributed by atoms with Crippen LogP contribution in [0.3, 0.4) is 0 Å². The van der Waals surface area contributed by atoms with Crippen LogP contribution in [0.25, 0.3) is 0 Å². The molecule has 1 heterocycles. The number of alkyl halides is 1. The van der Waals surface area contributed by atoms with Crippen molar-refractivity contribution in [3.63, 3.8) is 0 Å². The normalized spacial score (nSPS) is 19.3. The third-order valence-electron chi connectivity index (χ3n) is 3.17. The van der Waals surface area contributed by atoms with Crippen LogP contribution < -0.4 is 0 Å². The van der Waals surface area contributed by atoms with Gasteiger partial charge in [0.25, 0.3) is 11.6 Å². The number of aryl methyl sites for hydroxylation is 1. The molecule has 2 rings (SSSR count). The van der Waals surface area contributed by atoms with Gasteiger partial charge in [0, 0.05) is 30.8 Å². The van der Waals surface area contributed by atoms with Crippen LogP contribution in [0.15, 0.2) is 18.2 Å². The molecule has 1 saturated heterocycles. The maximum Gasteiger partial charge on any atom is 0.270 e. The summed E-state index contributed by atoms with van der Waals surface area (Å²) >= 11 is 6.05. The van der Waals surface area contributed by atoms with Crippen molar-refractivity contribution in [3.8, 4) is 0 Å². The lowest BCUT2D eigenvalue weighted by Gasteiger charge is -2.29. The highest BCUT2D eigenvalue weighted by atomic mass is 35.5. The Hall–Kier alpha value is -1.62. The molecule has 0 saturated carbocycles. The van der Waals surface area contributed by atoms with Gasteiger partial charge in [0.15, 0.2) is 0 Å². The van der Waals surface area contributed by atoms with Crippen molar-refractivity contribution in [2.24, 2.45) is 0 Å². The molecule has 1 atom stereocenters. The summed E-state index contributed by atoms with van der Waals surface area (Å²) in [5.74, 6) is -0.183. The zero-order chi connectivity index (χ0) is 14.0. The number of carbonyl (C=O) groups is 1. The summed E-state index contributed by atoms with van der Waals surface area (Å²) in [4.78, 5) is 24.3. The number of benzene rings is 1. The molecule has 1 aromatic rings. The molecule has 1 aromatic carbocycles. The lowest BCUT2D eigenvalue weighted by atomic mass is 10.1. The summed E-state index contributed by atoms with van der Waals surface area (Å²) in [7, 11) is 0. The van der Waals surface area contributed by atoms with Crippen LogP contribution >= 0.6 is 11.6 Å². The number of rotatable bonds is 2. The highest BCUT2D eigenvalue weighted by Gasteiger charge is 2.24. The molecule has 1 aliphatic rings. The zero-order valence-electron chi connectivity index (χ0n) is 10.6. The van der Waals surface area contributed by atoms with E-state index in [-0.39, 0.29) is 17.0 Å². The summed E-state index contributed by atoms with van der Waals surface area (Å²) in [5.41, 5.74) is 1.01. The van der Waals surface area contributed by atoms with Gasteiger partial charge in [0.2, 0.25) is 0 Å². The molecule has 1 aliphatic heterocycles. The van der Waals surface area contributed by atoms with Gasteiger partial charge >= 0.3 is 0 Å². The summed E-state index contributed by atoms with van der Waals surface area (Å²) < 4.78 is 0. The third-order valence-corrected chi connectivity index (χ3v) is 3.53. The summed E-state index contributed by atoms with van der Waals surface area (Å²) in [6.07, 6.45) is 1.77.